The second kappa shape index (κ2) is 12.2. The van der Waals surface area contributed by atoms with Gasteiger partial charge < -0.3 is 15.0 Å². The summed E-state index contributed by atoms with van der Waals surface area (Å²) in [6.45, 7) is 7.49. The normalized spacial score (nSPS) is 16.5. The first-order valence-corrected chi connectivity index (χ1v) is 12.3. The molecule has 0 unspecified atom stereocenters. The van der Waals surface area contributed by atoms with Gasteiger partial charge in [-0.15, -0.1) is 0 Å². The Morgan fingerprint density at radius 3 is 1.82 bits per heavy atom. The van der Waals surface area contributed by atoms with Crippen molar-refractivity contribution in [2.24, 2.45) is 0 Å². The zero-order valence-electron chi connectivity index (χ0n) is 21.8. The first-order chi connectivity index (χ1) is 18.1. The third-order valence-electron chi connectivity index (χ3n) is 5.76. The van der Waals surface area contributed by atoms with Crippen molar-refractivity contribution in [3.63, 3.8) is 0 Å². The molecule has 0 aromatic carbocycles. The Labute approximate surface area is 222 Å². The number of nitrogens with zero attached hydrogens (tertiary/aromatic N) is 3. The topological polar surface area (TPSA) is 67.3 Å². The van der Waals surface area contributed by atoms with Gasteiger partial charge in [-0.25, -0.2) is 4.79 Å². The zero-order valence-corrected chi connectivity index (χ0v) is 21.8. The van der Waals surface area contributed by atoms with E-state index in [1.807, 2.05) is 6.08 Å². The summed E-state index contributed by atoms with van der Waals surface area (Å²) in [6.07, 6.45) is -2.00. The fraction of sp³-hybridized carbons (Fsp3) is 0.444. The van der Waals surface area contributed by atoms with Gasteiger partial charge in [-0.3, -0.25) is 9.97 Å². The minimum atomic E-state index is -4.39. The summed E-state index contributed by atoms with van der Waals surface area (Å²) in [5, 5.41) is 3.10. The average molecular weight is 557 g/mol. The van der Waals surface area contributed by atoms with Crippen LogP contribution in [-0.2, 0) is 17.1 Å². The van der Waals surface area contributed by atoms with Gasteiger partial charge in [-0.2, -0.15) is 26.3 Å². The lowest BCUT2D eigenvalue weighted by Gasteiger charge is -2.29. The quantitative estimate of drug-likeness (QED) is 0.422. The molecule has 1 amide bonds. The fourth-order valence-corrected chi connectivity index (χ4v) is 3.81. The third kappa shape index (κ3) is 9.09. The van der Waals surface area contributed by atoms with Crippen LogP contribution in [0.25, 0.3) is 11.1 Å². The number of alkyl halides is 6. The van der Waals surface area contributed by atoms with Crippen molar-refractivity contribution in [3.05, 3.63) is 71.3 Å². The number of rotatable bonds is 2. The molecule has 4 rings (SSSR count). The number of carbonyl (C=O) groups excluding carboxylic acids is 1. The molecule has 39 heavy (non-hydrogen) atoms. The molecule has 0 aliphatic carbocycles. The van der Waals surface area contributed by atoms with Gasteiger partial charge in [0, 0.05) is 32.0 Å². The number of nitrogens with one attached hydrogen (secondary N) is 1. The molecule has 0 fully saturated rings. The molecule has 2 aliphatic heterocycles. The maximum Gasteiger partial charge on any atom is 0.416 e. The van der Waals surface area contributed by atoms with Crippen LogP contribution in [0.3, 0.4) is 0 Å². The standard InChI is InChI=1S/C16H19F3N2O2.C11H11F3N2/c1-15(2,3)23-14(22)21-8-5-11(6-9-21)13-10-12(4-7-20-13)16(17,18)19;12-11(13,14)9-3-6-16-10(7-9)8-1-4-15-5-2-8/h4-5,7,10H,6,8-9H2,1-3H3;1,3,6-7,15H,2,4-5H2. The summed E-state index contributed by atoms with van der Waals surface area (Å²) in [7, 11) is 0. The number of ether oxygens (including phenoxy) is 1. The highest BCUT2D eigenvalue weighted by Crippen LogP contribution is 2.32. The number of aromatic nitrogens is 2. The van der Waals surface area contributed by atoms with Crippen molar-refractivity contribution in [3.8, 4) is 0 Å². The summed E-state index contributed by atoms with van der Waals surface area (Å²) < 4.78 is 80.9. The minimum absolute atomic E-state index is 0.294. The highest BCUT2D eigenvalue weighted by atomic mass is 19.4. The molecule has 2 aromatic rings. The van der Waals surface area contributed by atoms with E-state index in [0.29, 0.717) is 49.4 Å². The molecular weight excluding hydrogens is 526 g/mol. The van der Waals surface area contributed by atoms with Gasteiger partial charge >= 0.3 is 18.4 Å². The first kappa shape index (κ1) is 30.1. The average Bonchev–Trinajstić information content (AvgIpc) is 2.88. The van der Waals surface area contributed by atoms with E-state index < -0.39 is 35.2 Å². The van der Waals surface area contributed by atoms with E-state index in [1.54, 1.807) is 26.8 Å². The van der Waals surface area contributed by atoms with Crippen LogP contribution in [0.15, 0.2) is 48.8 Å². The summed E-state index contributed by atoms with van der Waals surface area (Å²) >= 11 is 0. The Balaban J connectivity index is 0.000000230. The predicted molar refractivity (Wildman–Crippen MR) is 134 cm³/mol. The molecule has 4 heterocycles. The smallest absolute Gasteiger partial charge is 0.416 e. The van der Waals surface area contributed by atoms with Crippen molar-refractivity contribution in [1.82, 2.24) is 20.2 Å². The molecule has 0 atom stereocenters. The second-order valence-electron chi connectivity index (χ2n) is 9.94. The lowest BCUT2D eigenvalue weighted by Crippen LogP contribution is -2.39. The highest BCUT2D eigenvalue weighted by Gasteiger charge is 2.32. The van der Waals surface area contributed by atoms with Crippen molar-refractivity contribution >= 4 is 17.2 Å². The molecule has 0 radical (unpaired) electrons. The lowest BCUT2D eigenvalue weighted by molar-refractivity contribution is -0.138. The van der Waals surface area contributed by atoms with E-state index in [0.717, 1.165) is 42.6 Å². The predicted octanol–water partition coefficient (Wildman–Crippen LogP) is 6.60. The third-order valence-corrected chi connectivity index (χ3v) is 5.76. The molecule has 0 saturated heterocycles. The van der Waals surface area contributed by atoms with E-state index in [-0.39, 0.29) is 0 Å². The largest absolute Gasteiger partial charge is 0.444 e. The van der Waals surface area contributed by atoms with Crippen LogP contribution in [0.5, 0.6) is 0 Å². The Morgan fingerprint density at radius 1 is 0.872 bits per heavy atom. The van der Waals surface area contributed by atoms with Crippen molar-refractivity contribution in [2.45, 2.75) is 51.6 Å². The maximum absolute atomic E-state index is 12.7. The molecule has 0 bridgehead atoms. The number of pyridine rings is 2. The maximum atomic E-state index is 12.7. The van der Waals surface area contributed by atoms with Crippen LogP contribution in [-0.4, -0.2) is 52.7 Å². The number of hydrogen-bond acceptors (Lipinski definition) is 5. The molecular formula is C27H30F6N4O2. The van der Waals surface area contributed by atoms with E-state index >= 15 is 0 Å². The number of carbonyl (C=O) groups is 1. The van der Waals surface area contributed by atoms with E-state index in [9.17, 15) is 31.1 Å². The van der Waals surface area contributed by atoms with E-state index in [4.69, 9.17) is 4.74 Å². The molecule has 0 saturated carbocycles. The number of amides is 1. The molecule has 2 aliphatic rings. The first-order valence-electron chi connectivity index (χ1n) is 12.3. The van der Waals surface area contributed by atoms with Gasteiger partial charge in [0.15, 0.2) is 0 Å². The van der Waals surface area contributed by atoms with E-state index in [2.05, 4.69) is 15.3 Å². The number of halogens is 6. The van der Waals surface area contributed by atoms with E-state index in [1.165, 1.54) is 11.1 Å². The molecule has 6 nitrogen and oxygen atoms in total. The summed E-state index contributed by atoms with van der Waals surface area (Å²) in [6, 6.07) is 4.08. The van der Waals surface area contributed by atoms with Crippen molar-refractivity contribution in [2.75, 3.05) is 26.2 Å². The highest BCUT2D eigenvalue weighted by molar-refractivity contribution is 5.72. The number of hydrogen-bond donors (Lipinski definition) is 1. The van der Waals surface area contributed by atoms with Gasteiger partial charge in [-0.1, -0.05) is 12.2 Å². The van der Waals surface area contributed by atoms with Crippen LogP contribution in [0, 0.1) is 0 Å². The summed E-state index contributed by atoms with van der Waals surface area (Å²) in [4.78, 5) is 21.5. The van der Waals surface area contributed by atoms with Crippen LogP contribution in [0.2, 0.25) is 0 Å². The van der Waals surface area contributed by atoms with Gasteiger partial charge in [0.05, 0.1) is 22.5 Å². The van der Waals surface area contributed by atoms with Gasteiger partial charge in [0.2, 0.25) is 0 Å². The molecule has 2 aromatic heterocycles. The van der Waals surface area contributed by atoms with Crippen molar-refractivity contribution in [1.29, 1.82) is 0 Å². The molecule has 212 valence electrons. The summed E-state index contributed by atoms with van der Waals surface area (Å²) in [5.41, 5.74) is 0.361. The Kier molecular flexibility index (Phi) is 9.42. The van der Waals surface area contributed by atoms with Gasteiger partial charge in [0.1, 0.15) is 5.60 Å². The Morgan fingerprint density at radius 2 is 1.41 bits per heavy atom. The van der Waals surface area contributed by atoms with Crippen LogP contribution in [0.1, 0.15) is 56.1 Å². The Bertz CT molecular complexity index is 1220. The molecule has 1 N–H and O–H groups in total. The molecule has 0 spiro atoms. The monoisotopic (exact) mass is 556 g/mol. The summed E-state index contributed by atoms with van der Waals surface area (Å²) in [5.74, 6) is 0. The Hall–Kier alpha value is -3.41. The van der Waals surface area contributed by atoms with Gasteiger partial charge in [-0.05, 0) is 75.6 Å². The van der Waals surface area contributed by atoms with Crippen LogP contribution < -0.4 is 5.32 Å². The molecule has 12 heteroatoms. The van der Waals surface area contributed by atoms with Crippen LogP contribution >= 0.6 is 0 Å². The minimum Gasteiger partial charge on any atom is -0.444 e. The fourth-order valence-electron chi connectivity index (χ4n) is 3.81. The van der Waals surface area contributed by atoms with Crippen LogP contribution in [0.4, 0.5) is 31.1 Å². The van der Waals surface area contributed by atoms with Gasteiger partial charge in [0.25, 0.3) is 0 Å². The lowest BCUT2D eigenvalue weighted by atomic mass is 10.0. The van der Waals surface area contributed by atoms with Crippen molar-refractivity contribution < 1.29 is 35.9 Å². The second-order valence-corrected chi connectivity index (χ2v) is 9.94. The zero-order chi connectivity index (χ0) is 28.8. The SMILES string of the molecule is CC(C)(C)OC(=O)N1CC=C(c2cc(C(F)(F)F)ccn2)CC1.FC(F)(F)c1ccnc(C2=CCNCC2)c1.